The summed E-state index contributed by atoms with van der Waals surface area (Å²) in [4.78, 5) is 0. The summed E-state index contributed by atoms with van der Waals surface area (Å²) in [6.07, 6.45) is 0.581. The van der Waals surface area contributed by atoms with Crippen LogP contribution in [0, 0.1) is 0 Å². The standard InChI is InChI=1S/C10H13ClO2/c11-10-3-1-8(2-4-10)9(7-13)5-6-12/h1-4,9,12-13H,5-7H2/t9-/m0/s1. The molecule has 1 aromatic carbocycles. The van der Waals surface area contributed by atoms with Crippen LogP contribution in [0.25, 0.3) is 0 Å². The topological polar surface area (TPSA) is 40.5 Å². The number of halogens is 1. The van der Waals surface area contributed by atoms with Crippen LogP contribution in [0.5, 0.6) is 0 Å². The van der Waals surface area contributed by atoms with Crippen LogP contribution in [0.3, 0.4) is 0 Å². The molecule has 13 heavy (non-hydrogen) atoms. The van der Waals surface area contributed by atoms with Gasteiger partial charge in [-0.2, -0.15) is 0 Å². The maximum absolute atomic E-state index is 9.04. The van der Waals surface area contributed by atoms with Crippen LogP contribution < -0.4 is 0 Å². The molecular weight excluding hydrogens is 188 g/mol. The highest BCUT2D eigenvalue weighted by molar-refractivity contribution is 6.30. The SMILES string of the molecule is OCC[C@@H](CO)c1ccc(Cl)cc1. The average molecular weight is 201 g/mol. The zero-order valence-corrected chi connectivity index (χ0v) is 8.04. The molecule has 0 unspecified atom stereocenters. The van der Waals surface area contributed by atoms with Crippen molar-refractivity contribution in [1.82, 2.24) is 0 Å². The highest BCUT2D eigenvalue weighted by Crippen LogP contribution is 2.20. The highest BCUT2D eigenvalue weighted by Gasteiger charge is 2.08. The second-order valence-corrected chi connectivity index (χ2v) is 3.38. The van der Waals surface area contributed by atoms with Crippen LogP contribution in [0.4, 0.5) is 0 Å². The van der Waals surface area contributed by atoms with Gasteiger partial charge in [-0.05, 0) is 24.1 Å². The van der Waals surface area contributed by atoms with Crippen LogP contribution in [0.1, 0.15) is 17.9 Å². The number of rotatable bonds is 4. The lowest BCUT2D eigenvalue weighted by Crippen LogP contribution is -2.05. The fraction of sp³-hybridized carbons (Fsp3) is 0.400. The van der Waals surface area contributed by atoms with E-state index in [0.717, 1.165) is 5.56 Å². The Morgan fingerprint density at radius 2 is 1.77 bits per heavy atom. The first-order valence-corrected chi connectivity index (χ1v) is 4.63. The van der Waals surface area contributed by atoms with Gasteiger partial charge < -0.3 is 10.2 Å². The van der Waals surface area contributed by atoms with Crippen molar-refractivity contribution < 1.29 is 10.2 Å². The van der Waals surface area contributed by atoms with Gasteiger partial charge in [0.05, 0.1) is 6.61 Å². The summed E-state index contributed by atoms with van der Waals surface area (Å²) >= 11 is 5.72. The zero-order valence-electron chi connectivity index (χ0n) is 7.28. The van der Waals surface area contributed by atoms with Gasteiger partial charge in [0.15, 0.2) is 0 Å². The van der Waals surface area contributed by atoms with E-state index in [1.807, 2.05) is 12.1 Å². The second-order valence-electron chi connectivity index (χ2n) is 2.94. The number of aliphatic hydroxyl groups is 2. The van der Waals surface area contributed by atoms with Crippen molar-refractivity contribution >= 4 is 11.6 Å². The Kier molecular flexibility index (Phi) is 4.22. The molecule has 2 nitrogen and oxygen atoms in total. The molecule has 0 fully saturated rings. The van der Waals surface area contributed by atoms with E-state index >= 15 is 0 Å². The van der Waals surface area contributed by atoms with E-state index in [0.29, 0.717) is 11.4 Å². The minimum absolute atomic E-state index is 0.0160. The third-order valence-electron chi connectivity index (χ3n) is 2.04. The van der Waals surface area contributed by atoms with Gasteiger partial charge in [0.2, 0.25) is 0 Å². The highest BCUT2D eigenvalue weighted by atomic mass is 35.5. The Bertz CT molecular complexity index is 246. The molecule has 2 N–H and O–H groups in total. The third-order valence-corrected chi connectivity index (χ3v) is 2.29. The normalized spacial score (nSPS) is 12.8. The fourth-order valence-electron chi connectivity index (χ4n) is 1.25. The summed E-state index contributed by atoms with van der Waals surface area (Å²) < 4.78 is 0. The maximum atomic E-state index is 9.04. The summed E-state index contributed by atoms with van der Waals surface area (Å²) in [5.41, 5.74) is 1.01. The monoisotopic (exact) mass is 200 g/mol. The zero-order chi connectivity index (χ0) is 9.68. The molecule has 0 aliphatic heterocycles. The lowest BCUT2D eigenvalue weighted by atomic mass is 9.97. The van der Waals surface area contributed by atoms with Crippen LogP contribution in [0.15, 0.2) is 24.3 Å². The Labute approximate surface area is 82.8 Å². The van der Waals surface area contributed by atoms with E-state index in [9.17, 15) is 0 Å². The number of aliphatic hydroxyl groups excluding tert-OH is 2. The summed E-state index contributed by atoms with van der Waals surface area (Å²) in [5.74, 6) is 0.0160. The lowest BCUT2D eigenvalue weighted by molar-refractivity contribution is 0.220. The van der Waals surface area contributed by atoms with Gasteiger partial charge in [0.1, 0.15) is 0 Å². The molecule has 0 amide bonds. The number of hydrogen-bond acceptors (Lipinski definition) is 2. The Morgan fingerprint density at radius 1 is 1.15 bits per heavy atom. The van der Waals surface area contributed by atoms with Crippen molar-refractivity contribution in [2.24, 2.45) is 0 Å². The fourth-order valence-corrected chi connectivity index (χ4v) is 1.38. The molecule has 3 heteroatoms. The second kappa shape index (κ2) is 5.22. The van der Waals surface area contributed by atoms with E-state index < -0.39 is 0 Å². The summed E-state index contributed by atoms with van der Waals surface area (Å²) in [6, 6.07) is 7.33. The van der Waals surface area contributed by atoms with Crippen molar-refractivity contribution in [1.29, 1.82) is 0 Å². The number of hydrogen-bond donors (Lipinski definition) is 2. The first kappa shape index (κ1) is 10.5. The Balaban J connectivity index is 2.73. The average Bonchev–Trinajstić information content (AvgIpc) is 2.16. The van der Waals surface area contributed by atoms with Crippen molar-refractivity contribution in [3.8, 4) is 0 Å². The molecule has 0 saturated heterocycles. The van der Waals surface area contributed by atoms with Crippen molar-refractivity contribution in [2.75, 3.05) is 13.2 Å². The molecule has 0 radical (unpaired) electrons. The summed E-state index contributed by atoms with van der Waals surface area (Å²) in [5, 5.41) is 18.5. The summed E-state index contributed by atoms with van der Waals surface area (Å²) in [6.45, 7) is 0.149. The van der Waals surface area contributed by atoms with Gasteiger partial charge in [-0.1, -0.05) is 23.7 Å². The maximum Gasteiger partial charge on any atom is 0.0500 e. The van der Waals surface area contributed by atoms with E-state index in [4.69, 9.17) is 21.8 Å². The molecule has 0 bridgehead atoms. The van der Waals surface area contributed by atoms with Crippen molar-refractivity contribution in [3.05, 3.63) is 34.9 Å². The first-order chi connectivity index (χ1) is 6.27. The van der Waals surface area contributed by atoms with Crippen LogP contribution >= 0.6 is 11.6 Å². The molecule has 1 aromatic rings. The van der Waals surface area contributed by atoms with Gasteiger partial charge in [-0.3, -0.25) is 0 Å². The molecule has 0 aromatic heterocycles. The molecule has 1 rings (SSSR count). The van der Waals surface area contributed by atoms with E-state index in [1.165, 1.54) is 0 Å². The molecule has 72 valence electrons. The Hall–Kier alpha value is -0.570. The van der Waals surface area contributed by atoms with Crippen molar-refractivity contribution in [3.63, 3.8) is 0 Å². The van der Waals surface area contributed by atoms with E-state index in [1.54, 1.807) is 12.1 Å². The van der Waals surface area contributed by atoms with Gasteiger partial charge in [0, 0.05) is 17.5 Å². The molecular formula is C10H13ClO2. The first-order valence-electron chi connectivity index (χ1n) is 4.25. The van der Waals surface area contributed by atoms with Gasteiger partial charge >= 0.3 is 0 Å². The van der Waals surface area contributed by atoms with Crippen LogP contribution in [0.2, 0.25) is 5.02 Å². The largest absolute Gasteiger partial charge is 0.396 e. The van der Waals surface area contributed by atoms with E-state index in [-0.39, 0.29) is 19.1 Å². The van der Waals surface area contributed by atoms with Crippen LogP contribution in [-0.4, -0.2) is 23.4 Å². The predicted molar refractivity (Wildman–Crippen MR) is 53.0 cm³/mol. The molecule has 1 atom stereocenters. The number of benzene rings is 1. The van der Waals surface area contributed by atoms with Gasteiger partial charge in [0.25, 0.3) is 0 Å². The lowest BCUT2D eigenvalue weighted by Gasteiger charge is -2.12. The third kappa shape index (κ3) is 2.99. The molecule has 0 aliphatic rings. The quantitative estimate of drug-likeness (QED) is 0.778. The van der Waals surface area contributed by atoms with Gasteiger partial charge in [-0.25, -0.2) is 0 Å². The van der Waals surface area contributed by atoms with Crippen LogP contribution in [-0.2, 0) is 0 Å². The predicted octanol–water partition coefficient (Wildman–Crippen LogP) is 1.80. The minimum atomic E-state index is 0.0160. The smallest absolute Gasteiger partial charge is 0.0500 e. The van der Waals surface area contributed by atoms with Crippen molar-refractivity contribution in [2.45, 2.75) is 12.3 Å². The Morgan fingerprint density at radius 3 is 2.23 bits per heavy atom. The van der Waals surface area contributed by atoms with E-state index in [2.05, 4.69) is 0 Å². The van der Waals surface area contributed by atoms with Gasteiger partial charge in [-0.15, -0.1) is 0 Å². The molecule has 0 heterocycles. The molecule has 0 saturated carbocycles. The molecule has 0 aliphatic carbocycles. The summed E-state index contributed by atoms with van der Waals surface area (Å²) in [7, 11) is 0. The molecule has 0 spiro atoms. The minimum Gasteiger partial charge on any atom is -0.396 e.